The topological polar surface area (TPSA) is 85.6 Å². The van der Waals surface area contributed by atoms with E-state index in [0.717, 1.165) is 42.9 Å². The molecule has 2 aromatic rings. The van der Waals surface area contributed by atoms with Gasteiger partial charge in [0.1, 0.15) is 12.5 Å². The normalized spacial score (nSPS) is 16.1. The van der Waals surface area contributed by atoms with Crippen LogP contribution in [0.2, 0.25) is 0 Å². The summed E-state index contributed by atoms with van der Waals surface area (Å²) in [5.74, 6) is 0.794. The summed E-state index contributed by atoms with van der Waals surface area (Å²) in [6.07, 6.45) is 30.3. The largest absolute Gasteiger partial charge is 3.00 e. The number of piperidine rings is 4. The molecule has 94 heavy (non-hydrogen) atoms. The van der Waals surface area contributed by atoms with Crippen molar-refractivity contribution in [3.05, 3.63) is 70.2 Å². The third-order valence-corrected chi connectivity index (χ3v) is 16.4. The maximum absolute atomic E-state index is 5.09. The predicted molar refractivity (Wildman–Crippen MR) is 427 cm³/mol. The van der Waals surface area contributed by atoms with Crippen LogP contribution < -0.4 is 0 Å². The van der Waals surface area contributed by atoms with Crippen molar-refractivity contribution in [3.63, 3.8) is 0 Å². The van der Waals surface area contributed by atoms with Crippen molar-refractivity contribution in [2.75, 3.05) is 115 Å². The minimum Gasteiger partial charge on any atom is -0.787 e. The van der Waals surface area contributed by atoms with Gasteiger partial charge in [0, 0.05) is 37.3 Å². The van der Waals surface area contributed by atoms with Crippen molar-refractivity contribution < 1.29 is 74.3 Å². The Balaban J connectivity index is -0.000000120. The predicted octanol–water partition coefficient (Wildman–Crippen LogP) is 21.6. The molecule has 0 bridgehead atoms. The zero-order valence-corrected chi connectivity index (χ0v) is 77.7. The fraction of sp³-hybridized carbons (Fsp3) is 0.872. The molecule has 4 aliphatic rings. The maximum Gasteiger partial charge on any atom is 3.00 e. The van der Waals surface area contributed by atoms with Gasteiger partial charge in [-0.2, -0.15) is 61.0 Å². The summed E-state index contributed by atoms with van der Waals surface area (Å²) in [7, 11) is 17.1. The SMILES string of the molecule is CC(C)(C)C.CC(C)(C)[S-].CC(C)(C)c1ncco1.CN(C)C(C)(C)C.CN1CCC(N(C)C(C)(C)C)CC1.CN1CCC(SC(C)(C)C)CC1.CN1CCCCC1.CN1CCCCC1.CSC(C)(C)C.C[N-]C(C)(C)C.[CH2-]CCC[CH2-].[CH2-]CCC[CH2-].[Y+3].[Y+3].c1cocn1. The molecule has 4 aliphatic heterocycles. The molecule has 0 aromatic carbocycles. The number of thioether (sulfide) groups is 2. The molecule has 4 fully saturated rings. The summed E-state index contributed by atoms with van der Waals surface area (Å²) in [6.45, 7) is 79.1. The zero-order valence-electron chi connectivity index (χ0n) is 69.6. The molecule has 4 saturated heterocycles. The van der Waals surface area contributed by atoms with Gasteiger partial charge in [-0.3, -0.25) is 4.90 Å². The molecule has 0 unspecified atom stereocenters. The molecule has 0 radical (unpaired) electrons. The third kappa shape index (κ3) is 107. The van der Waals surface area contributed by atoms with Crippen molar-refractivity contribution >= 4 is 36.2 Å². The van der Waals surface area contributed by atoms with E-state index in [1.807, 2.05) is 39.6 Å². The Hall–Kier alpha value is 1.40. The molecule has 0 N–H and O–H groups in total. The molecule has 2 aromatic heterocycles. The van der Waals surface area contributed by atoms with Gasteiger partial charge in [0.15, 0.2) is 12.3 Å². The van der Waals surface area contributed by atoms with Crippen LogP contribution in [-0.2, 0) is 83.5 Å². The van der Waals surface area contributed by atoms with Gasteiger partial charge < -0.3 is 79.0 Å². The fourth-order valence-corrected chi connectivity index (χ4v) is 8.21. The molecule has 0 amide bonds. The fourth-order valence-electron chi connectivity index (χ4n) is 6.76. The summed E-state index contributed by atoms with van der Waals surface area (Å²) in [5.41, 5.74) is 1.37. The molecule has 6 heterocycles. The van der Waals surface area contributed by atoms with Crippen LogP contribution in [0.25, 0.3) is 5.32 Å². The average Bonchev–Trinajstić information content (AvgIpc) is 1.17. The Labute approximate surface area is 657 Å². The quantitative estimate of drug-likeness (QED) is 0.203. The van der Waals surface area contributed by atoms with E-state index >= 15 is 0 Å². The van der Waals surface area contributed by atoms with E-state index in [-0.39, 0.29) is 81.1 Å². The molecule has 16 heteroatoms. The summed E-state index contributed by atoms with van der Waals surface area (Å²) < 4.78 is 10.5. The van der Waals surface area contributed by atoms with Gasteiger partial charge in [-0.25, -0.2) is 9.97 Å². The van der Waals surface area contributed by atoms with E-state index in [0.29, 0.717) is 26.0 Å². The molecule has 0 aliphatic carbocycles. The van der Waals surface area contributed by atoms with Crippen molar-refractivity contribution in [1.82, 2.24) is 39.4 Å². The van der Waals surface area contributed by atoms with Crippen LogP contribution in [0.3, 0.4) is 0 Å². The molecular weight excluding hydrogens is 1370 g/mol. The Bertz CT molecular complexity index is 1650. The van der Waals surface area contributed by atoms with E-state index in [4.69, 9.17) is 17.0 Å². The van der Waals surface area contributed by atoms with Crippen LogP contribution in [-0.4, -0.2) is 197 Å². The Morgan fingerprint density at radius 1 is 0.532 bits per heavy atom. The number of oxazole rings is 2. The smallest absolute Gasteiger partial charge is 0.787 e. The second-order valence-corrected chi connectivity index (χ2v) is 38.5. The van der Waals surface area contributed by atoms with Crippen LogP contribution >= 0.6 is 23.5 Å². The van der Waals surface area contributed by atoms with Gasteiger partial charge >= 0.3 is 65.4 Å². The summed E-state index contributed by atoms with van der Waals surface area (Å²) in [5, 5.41) is 4.92. The minimum atomic E-state index is 0. The number of aromatic nitrogens is 2. The van der Waals surface area contributed by atoms with Gasteiger partial charge in [-0.15, -0.1) is 18.4 Å². The average molecular weight is 1540 g/mol. The molecule has 0 atom stereocenters. The third-order valence-electron chi connectivity index (χ3n) is 13.7. The summed E-state index contributed by atoms with van der Waals surface area (Å²) in [4.78, 5) is 21.9. The van der Waals surface area contributed by atoms with Crippen molar-refractivity contribution in [1.29, 1.82) is 0 Å². The number of hydrogen-bond donors (Lipinski definition) is 0. The second kappa shape index (κ2) is 65.2. The van der Waals surface area contributed by atoms with Crippen LogP contribution in [0.1, 0.15) is 282 Å². The monoisotopic (exact) mass is 1530 g/mol. The van der Waals surface area contributed by atoms with Gasteiger partial charge in [-0.1, -0.05) is 144 Å². The molecule has 0 spiro atoms. The second-order valence-electron chi connectivity index (χ2n) is 33.5. The van der Waals surface area contributed by atoms with Gasteiger partial charge in [0.05, 0.1) is 12.4 Å². The van der Waals surface area contributed by atoms with Crippen LogP contribution in [0.15, 0.2) is 40.1 Å². The van der Waals surface area contributed by atoms with Crippen LogP contribution in [0.5, 0.6) is 0 Å². The molecule has 6 rings (SSSR count). The van der Waals surface area contributed by atoms with Crippen LogP contribution in [0, 0.1) is 33.1 Å². The minimum absolute atomic E-state index is 0. The first kappa shape index (κ1) is 114. The Morgan fingerprint density at radius 2 is 0.840 bits per heavy atom. The number of hydrogen-bond acceptors (Lipinski definition) is 13. The first-order valence-electron chi connectivity index (χ1n) is 35.3. The van der Waals surface area contributed by atoms with Gasteiger partial charge in [-0.05, 0) is 206 Å². The van der Waals surface area contributed by atoms with E-state index in [1.165, 1.54) is 142 Å². The molecule has 0 saturated carbocycles. The number of likely N-dealkylation sites (tertiary alicyclic amines) is 4. The molecular formula is C78H165N9O2S3Y2. The number of nitrogens with zero attached hydrogens (tertiary/aromatic N) is 9. The maximum atomic E-state index is 5.09. The first-order chi connectivity index (χ1) is 41.7. The Kier molecular flexibility index (Phi) is 79.0. The zero-order chi connectivity index (χ0) is 73.7. The van der Waals surface area contributed by atoms with Gasteiger partial charge in [0.2, 0.25) is 0 Å². The summed E-state index contributed by atoms with van der Waals surface area (Å²) >= 11 is 8.86. The summed E-state index contributed by atoms with van der Waals surface area (Å²) in [6, 6.07) is 0.788. The first-order valence-corrected chi connectivity index (χ1v) is 37.8. The van der Waals surface area contributed by atoms with Crippen molar-refractivity contribution in [2.24, 2.45) is 5.41 Å². The number of unbranched alkanes of at least 4 members (excludes halogenated alkanes) is 4. The molecule has 558 valence electrons. The van der Waals surface area contributed by atoms with Crippen molar-refractivity contribution in [2.45, 2.75) is 323 Å². The van der Waals surface area contributed by atoms with E-state index < -0.39 is 0 Å². The Morgan fingerprint density at radius 3 is 0.989 bits per heavy atom. The number of rotatable bonds is 6. The van der Waals surface area contributed by atoms with E-state index in [1.54, 1.807) is 18.7 Å². The standard InChI is InChI=1S/C11H24N2.C10H21NS.C7H11NO.2C6H13N.C6H15N.C5H12N.C5H12S.C5H12.2C5H10.C4H10S.C3H3NO.2Y/c1-11(2,3)13(5)10-6-8-12(4)9-7-10;1-10(2,3)12-9-5-7-11(4)8-6-9;1-7(2,3)6-8-4-5-9-6;2*1-7-5-3-2-4-6-7;1-6(2,3)7(4)5;2*1-5(2,3)6-4;1-5(2,3)4;2*1-3-5-4-2;1-4(2,3)5;1-2-5-3-4-1;;/h10H,6-9H2,1-5H3;9H,5-8H2,1-4H3;4-5H,1-3H3;2*2-6H2,1H3;1-5H3;2*1-4H3;1-4H3;2*1-5H2;5H,1-3H3;1-3H;;/q;;;;;;-1;;;2*-2;;;2*+3/p-1. The van der Waals surface area contributed by atoms with Gasteiger partial charge in [0.25, 0.3) is 0 Å². The molecule has 11 nitrogen and oxygen atoms in total. The van der Waals surface area contributed by atoms with E-state index in [9.17, 15) is 0 Å². The van der Waals surface area contributed by atoms with Crippen molar-refractivity contribution in [3.8, 4) is 0 Å². The van der Waals surface area contributed by atoms with E-state index in [2.05, 4.69) is 296 Å². The van der Waals surface area contributed by atoms with Crippen LogP contribution in [0.4, 0.5) is 0 Å².